The van der Waals surface area contributed by atoms with Crippen molar-refractivity contribution in [2.45, 2.75) is 172 Å². The fourth-order valence-corrected chi connectivity index (χ4v) is 9.42. The first kappa shape index (κ1) is 101. The van der Waals surface area contributed by atoms with Gasteiger partial charge in [-0.05, 0) is 194 Å². The molecule has 0 spiro atoms. The van der Waals surface area contributed by atoms with Crippen molar-refractivity contribution < 1.29 is 171 Å². The Labute approximate surface area is 649 Å². The van der Waals surface area contributed by atoms with Crippen molar-refractivity contribution in [2.75, 3.05) is 19.4 Å². The van der Waals surface area contributed by atoms with Crippen molar-refractivity contribution in [1.29, 1.82) is 0 Å². The van der Waals surface area contributed by atoms with Gasteiger partial charge in [-0.15, -0.1) is 18.5 Å². The van der Waals surface area contributed by atoms with E-state index < -0.39 is 0 Å². The van der Waals surface area contributed by atoms with Crippen molar-refractivity contribution >= 4 is 37.7 Å². The van der Waals surface area contributed by atoms with Gasteiger partial charge in [-0.1, -0.05) is 236 Å². The van der Waals surface area contributed by atoms with Gasteiger partial charge in [0.1, 0.15) is 5.75 Å². The molecule has 0 aromatic heterocycles. The number of hydrogen-bond donors (Lipinski definition) is 0. The molecule has 11 heteroatoms. The van der Waals surface area contributed by atoms with Crippen LogP contribution in [-0.4, -0.2) is 45.8 Å². The summed E-state index contributed by atoms with van der Waals surface area (Å²) >= 11 is 0. The number of aryl methyl sites for hydroxylation is 16. The smallest absolute Gasteiger partial charge is 0.163 e. The van der Waals surface area contributed by atoms with Crippen LogP contribution in [0, 0.1) is 269 Å². The SMILES string of the molecule is C.C.C.CC1(C)O[C@@H](CP)[C@H](CP)O1.COc1c(C)cc(C)cc1C.Cc1cc(C)c(C)c(C)c1.Cc1cc(C)cc(C)c1.Cc1ccc(C)c(C)c1.Cc1ccc(C)cc1.Cc1ccc2ccccc2c1.Cc1ccccc1.F.[2HH].[Ar].[Ar].[Ar].[Ar].[B]. The fraction of sp³-hybridized carbons (Fsp3) is 0.378. The maximum absolute atomic E-state index is 5.65. The van der Waals surface area contributed by atoms with Crippen LogP contribution in [0.15, 0.2) is 158 Å². The Hall–Kier alpha value is -0.366. The standard InChI is InChI=1S/C11H10.C10H14O.C10H14.2C9H12.C8H10.C7H16O2P2.C7H8.3CH4.4Ar.B.FH.H2/c1-9-6-7-10-4-2-3-5-11(10)8-9;1-7-5-8(2)10(11-4)9(3)6-7;1-7-5-8(2)10(4)9(3)6-7;1-7-4-8(2)6-9(3)5-7;1-7-4-5-8(2)9(3)6-7;1-7-3-5-8(2)6-4-7;1-7(2)8-5(3-10)6(4-11)9-7;1-7-5-3-2-4-6-7;;;;;;;;;;/h2-8H,1H3;5-6H,1-4H3;5-6H,1-4H3;2*4-6H,1-3H3;3-6H,1-2H3;5-6H,3-4,10-11H2,1-2H3;2-6H,1H3;3*1H4;;;;;;2*1H/t;;;;;;5-,6-;;;;;;;;;;;/m......0.........../s1/i;;;;;;;;;;;;;;;;;1+1. The van der Waals surface area contributed by atoms with Crippen LogP contribution in [0.5, 0.6) is 5.75 Å². The predicted molar refractivity (Wildman–Crippen MR) is 373 cm³/mol. The Morgan fingerprint density at radius 1 is 0.365 bits per heavy atom. The molecule has 9 rings (SSSR count). The second-order valence-electron chi connectivity index (χ2n) is 21.1. The van der Waals surface area contributed by atoms with Gasteiger partial charge in [0.15, 0.2) is 5.79 Å². The van der Waals surface area contributed by atoms with Crippen LogP contribution in [0.2, 0.25) is 0 Å². The molecule has 477 valence electrons. The van der Waals surface area contributed by atoms with Crippen LogP contribution in [0.25, 0.3) is 10.8 Å². The summed E-state index contributed by atoms with van der Waals surface area (Å²) < 4.78 is 16.5. The van der Waals surface area contributed by atoms with Gasteiger partial charge in [0, 0.05) is 161 Å². The molecule has 0 N–H and O–H groups in total. The van der Waals surface area contributed by atoms with Crippen LogP contribution in [0.1, 0.15) is 132 Å². The Kier molecular flexibility index (Phi) is 64.3. The van der Waals surface area contributed by atoms with E-state index in [1.165, 1.54) is 105 Å². The van der Waals surface area contributed by atoms with Crippen molar-refractivity contribution in [1.82, 2.24) is 0 Å². The zero-order chi connectivity index (χ0) is 57.1. The third kappa shape index (κ3) is 42.4. The first-order chi connectivity index (χ1) is 35.8. The van der Waals surface area contributed by atoms with Crippen molar-refractivity contribution in [3.8, 4) is 5.75 Å². The summed E-state index contributed by atoms with van der Waals surface area (Å²) in [7, 11) is 7.09. The summed E-state index contributed by atoms with van der Waals surface area (Å²) in [4.78, 5) is 0. The molecule has 0 amide bonds. The van der Waals surface area contributed by atoms with Gasteiger partial charge in [-0.2, -0.15) is 0 Å². The molecule has 8 aromatic rings. The number of ether oxygens (including phenoxy) is 3. The van der Waals surface area contributed by atoms with Gasteiger partial charge in [-0.3, -0.25) is 4.70 Å². The van der Waals surface area contributed by atoms with E-state index >= 15 is 0 Å². The van der Waals surface area contributed by atoms with Crippen molar-refractivity contribution in [3.05, 3.63) is 252 Å². The minimum absolute atomic E-state index is 0. The Balaban J connectivity index is -0.000000111. The molecular formula is C74H111Ar4BFO3P2. The van der Waals surface area contributed by atoms with E-state index in [1.807, 2.05) is 32.0 Å². The summed E-state index contributed by atoms with van der Waals surface area (Å²) in [6, 6.07) is 55.4. The van der Waals surface area contributed by atoms with Gasteiger partial charge in [0.05, 0.1) is 19.3 Å². The maximum atomic E-state index is 5.65. The fourth-order valence-electron chi connectivity index (χ4n) is 8.62. The minimum Gasteiger partial charge on any atom is -0.496 e. The number of methoxy groups -OCH3 is 1. The maximum Gasteiger partial charge on any atom is 0.163 e. The molecule has 3 nitrogen and oxygen atoms in total. The average Bonchev–Trinajstić information content (AvgIpc) is 3.67. The van der Waals surface area contributed by atoms with Crippen LogP contribution >= 0.6 is 18.5 Å². The molecule has 1 aliphatic heterocycles. The van der Waals surface area contributed by atoms with E-state index in [1.54, 1.807) is 7.11 Å². The van der Waals surface area contributed by atoms with Gasteiger partial charge in [0.25, 0.3) is 0 Å². The van der Waals surface area contributed by atoms with E-state index in [2.05, 4.69) is 276 Å². The molecule has 3 radical (unpaired) electrons. The zero-order valence-electron chi connectivity index (χ0n) is 52.9. The van der Waals surface area contributed by atoms with Gasteiger partial charge < -0.3 is 14.2 Å². The first-order valence-corrected chi connectivity index (χ1v) is 28.4. The van der Waals surface area contributed by atoms with Gasteiger partial charge in [0.2, 0.25) is 0 Å². The van der Waals surface area contributed by atoms with E-state index in [0.717, 1.165) is 18.1 Å². The van der Waals surface area contributed by atoms with E-state index in [9.17, 15) is 0 Å². The van der Waals surface area contributed by atoms with E-state index in [-0.39, 0.29) is 206 Å². The molecule has 0 saturated carbocycles. The third-order valence-electron chi connectivity index (χ3n) is 12.7. The quantitative estimate of drug-likeness (QED) is 0.130. The summed E-state index contributed by atoms with van der Waals surface area (Å²) in [5, 5.41) is 2.64. The molecular weight excluding hydrogens is 1190 g/mol. The molecule has 0 aliphatic carbocycles. The molecule has 1 aliphatic rings. The number of hydrogen-bond acceptors (Lipinski definition) is 3. The second kappa shape index (κ2) is 54.2. The third-order valence-corrected chi connectivity index (χ3v) is 13.7. The Morgan fingerprint density at radius 2 is 0.671 bits per heavy atom. The van der Waals surface area contributed by atoms with E-state index in [4.69, 9.17) is 14.2 Å². The zero-order valence-corrected chi connectivity index (χ0v) is 58.0. The monoisotopic (exact) mass is 1300 g/mol. The molecule has 8 aromatic carbocycles. The van der Waals surface area contributed by atoms with E-state index in [0.29, 0.717) is 0 Å². The average molecular weight is 1300 g/mol. The summed E-state index contributed by atoms with van der Waals surface area (Å²) in [5.41, 5.74) is 22.8. The van der Waals surface area contributed by atoms with Crippen LogP contribution in [-0.2, 0) is 9.47 Å². The minimum atomic E-state index is -0.386. The second-order valence-corrected chi connectivity index (χ2v) is 22.0. The summed E-state index contributed by atoms with van der Waals surface area (Å²) in [5.74, 6) is 0.623. The molecule has 1 fully saturated rings. The predicted octanol–water partition coefficient (Wildman–Crippen LogP) is 21.4. The molecule has 4 atom stereocenters. The molecule has 1 saturated heterocycles. The Bertz CT molecular complexity index is 2850. The van der Waals surface area contributed by atoms with Crippen molar-refractivity contribution in [2.24, 2.45) is 0 Å². The topological polar surface area (TPSA) is 27.7 Å². The van der Waals surface area contributed by atoms with Crippen LogP contribution in [0.3, 0.4) is 0 Å². The molecule has 1 heterocycles. The molecule has 85 heavy (non-hydrogen) atoms. The molecule has 0 bridgehead atoms. The summed E-state index contributed by atoms with van der Waals surface area (Å²) in [6.07, 6.45) is 2.38. The number of halogens is 1. The normalized spacial score (nSPS) is 12.1. The Morgan fingerprint density at radius 3 is 1.01 bits per heavy atom. The van der Waals surface area contributed by atoms with Gasteiger partial charge >= 0.3 is 0 Å². The first-order valence-electron chi connectivity index (χ1n) is 26.8. The van der Waals surface area contributed by atoms with Crippen LogP contribution in [0.4, 0.5) is 4.70 Å². The van der Waals surface area contributed by atoms with Crippen LogP contribution < -0.4 is 4.74 Å². The number of fused-ring (bicyclic) bond motifs is 1. The largest absolute Gasteiger partial charge is 0.496 e. The number of rotatable bonds is 3. The summed E-state index contributed by atoms with van der Waals surface area (Å²) in [6.45, 7) is 39.9. The number of benzene rings is 8. The van der Waals surface area contributed by atoms with Crippen molar-refractivity contribution in [3.63, 3.8) is 0 Å². The molecule has 2 unspecified atom stereocenters. The van der Waals surface area contributed by atoms with Gasteiger partial charge in [-0.25, -0.2) is 0 Å².